The van der Waals surface area contributed by atoms with E-state index >= 15 is 0 Å². The average Bonchev–Trinajstić information content (AvgIpc) is 2.27. The van der Waals surface area contributed by atoms with Crippen molar-refractivity contribution >= 4 is 11.9 Å². The zero-order valence-corrected chi connectivity index (χ0v) is 15.0. The molecule has 0 rings (SSSR count). The first-order chi connectivity index (χ1) is 9.29. The van der Waals surface area contributed by atoms with Gasteiger partial charge >= 0.3 is 129 Å². The van der Waals surface area contributed by atoms with Crippen LogP contribution in [0.3, 0.4) is 0 Å². The number of carbonyl (C=O) groups is 2. The normalized spacial score (nSPS) is 11.2. The van der Waals surface area contributed by atoms with Crippen molar-refractivity contribution in [1.29, 1.82) is 0 Å². The number of carbonyl (C=O) groups excluding carboxylic acids is 2. The molecule has 0 saturated heterocycles. The Morgan fingerprint density at radius 1 is 0.950 bits per heavy atom. The molecule has 0 amide bonds. The van der Waals surface area contributed by atoms with Gasteiger partial charge in [0.25, 0.3) is 0 Å². The number of rotatable bonds is 9. The van der Waals surface area contributed by atoms with Crippen LogP contribution < -0.4 is 0 Å². The third-order valence-corrected chi connectivity index (χ3v) is 5.75. The molecule has 6 heteroatoms. The Kier molecular flexibility index (Phi) is 10.4. The van der Waals surface area contributed by atoms with Crippen LogP contribution in [0.1, 0.15) is 54.4 Å². The summed E-state index contributed by atoms with van der Waals surface area (Å²) in [7, 11) is 0. The van der Waals surface area contributed by atoms with Gasteiger partial charge in [-0.2, -0.15) is 0 Å². The molecule has 5 nitrogen and oxygen atoms in total. The second-order valence-corrected chi connectivity index (χ2v) is 7.64. The molecule has 0 unspecified atom stereocenters. The molecule has 0 heterocycles. The first kappa shape index (κ1) is 19.8. The molecule has 0 aliphatic carbocycles. The van der Waals surface area contributed by atoms with Crippen molar-refractivity contribution in [2.75, 3.05) is 0 Å². The van der Waals surface area contributed by atoms with Crippen LogP contribution in [0.25, 0.3) is 0 Å². The molecule has 0 saturated carbocycles. The molecule has 0 radical (unpaired) electrons. The van der Waals surface area contributed by atoms with Crippen LogP contribution in [0.2, 0.25) is 4.73 Å². The first-order valence-corrected chi connectivity index (χ1v) is 9.61. The molecule has 0 bridgehead atoms. The van der Waals surface area contributed by atoms with Crippen LogP contribution >= 0.6 is 0 Å². The first-order valence-electron chi connectivity index (χ1n) is 7.23. The molecule has 20 heavy (non-hydrogen) atoms. The van der Waals surface area contributed by atoms with Gasteiger partial charge in [0.2, 0.25) is 0 Å². The molecular formula is C14H27O5Ti. The van der Waals surface area contributed by atoms with Gasteiger partial charge in [-0.1, -0.05) is 0 Å². The topological polar surface area (TPSA) is 61.8 Å². The minimum atomic E-state index is -2.43. The minimum absolute atomic E-state index is 0.00582. The summed E-state index contributed by atoms with van der Waals surface area (Å²) in [4.78, 5) is 23.5. The predicted molar refractivity (Wildman–Crippen MR) is 72.4 cm³/mol. The summed E-state index contributed by atoms with van der Waals surface area (Å²) in [6, 6.07) is 0. The molecule has 0 fully saturated rings. The van der Waals surface area contributed by atoms with E-state index in [1.807, 2.05) is 41.5 Å². The van der Waals surface area contributed by atoms with Gasteiger partial charge in [-0.05, 0) is 0 Å². The van der Waals surface area contributed by atoms with Gasteiger partial charge in [0.05, 0.1) is 0 Å². The van der Waals surface area contributed by atoms with Crippen molar-refractivity contribution in [2.24, 2.45) is 5.92 Å². The van der Waals surface area contributed by atoms with Crippen LogP contribution in [-0.4, -0.2) is 24.1 Å². The Morgan fingerprint density at radius 2 is 1.40 bits per heavy atom. The van der Waals surface area contributed by atoms with E-state index in [0.29, 0.717) is 12.8 Å². The van der Waals surface area contributed by atoms with E-state index in [0.717, 1.165) is 0 Å². The Hall–Kier alpha value is -0.226. The average molecular weight is 323 g/mol. The summed E-state index contributed by atoms with van der Waals surface area (Å²) >= 11 is -2.43. The number of esters is 2. The molecule has 0 aliphatic rings. The third-order valence-electron chi connectivity index (χ3n) is 2.56. The number of hydrogen-bond acceptors (Lipinski definition) is 5. The van der Waals surface area contributed by atoms with Gasteiger partial charge in [0, 0.05) is 0 Å². The molecule has 0 spiro atoms. The number of ether oxygens (including phenoxy) is 1. The molecule has 117 valence electrons. The monoisotopic (exact) mass is 323 g/mol. The van der Waals surface area contributed by atoms with Crippen molar-refractivity contribution in [3.8, 4) is 0 Å². The molecule has 0 aromatic rings. The van der Waals surface area contributed by atoms with Gasteiger partial charge in [-0.25, -0.2) is 0 Å². The van der Waals surface area contributed by atoms with Crippen molar-refractivity contribution in [2.45, 2.75) is 71.3 Å². The van der Waals surface area contributed by atoms with E-state index in [4.69, 9.17) is 11.4 Å². The molecule has 0 aromatic carbocycles. The zero-order valence-electron chi connectivity index (χ0n) is 13.4. The molecular weight excluding hydrogens is 296 g/mol. The Bertz CT molecular complexity index is 290. The van der Waals surface area contributed by atoms with Crippen LogP contribution in [-0.2, 0) is 39.6 Å². The summed E-state index contributed by atoms with van der Waals surface area (Å²) in [6.45, 7) is 11.4. The number of hydrogen-bond donors (Lipinski definition) is 0. The van der Waals surface area contributed by atoms with Crippen molar-refractivity contribution in [3.63, 3.8) is 0 Å². The SMILES string of the molecule is CCC(CC)C(=O)OC(=O)[CH2][Ti]([O]C(C)C)[O]C(C)C. The molecule has 0 aromatic heterocycles. The summed E-state index contributed by atoms with van der Waals surface area (Å²) in [5, 5.41) is 0. The molecule has 0 aliphatic heterocycles. The van der Waals surface area contributed by atoms with Gasteiger partial charge in [0.1, 0.15) is 0 Å². The quantitative estimate of drug-likeness (QED) is 0.370. The molecule has 0 atom stereocenters. The van der Waals surface area contributed by atoms with E-state index in [-0.39, 0.29) is 22.9 Å². The maximum absolute atomic E-state index is 11.8. The van der Waals surface area contributed by atoms with Crippen LogP contribution in [0, 0.1) is 5.92 Å². The summed E-state index contributed by atoms with van der Waals surface area (Å²) in [6.07, 6.45) is 1.37. The summed E-state index contributed by atoms with van der Waals surface area (Å²) < 4.78 is 16.3. The van der Waals surface area contributed by atoms with E-state index in [2.05, 4.69) is 0 Å². The fourth-order valence-corrected chi connectivity index (χ4v) is 4.08. The van der Waals surface area contributed by atoms with Gasteiger partial charge < -0.3 is 0 Å². The Labute approximate surface area is 129 Å². The van der Waals surface area contributed by atoms with Gasteiger partial charge in [-0.3, -0.25) is 0 Å². The predicted octanol–water partition coefficient (Wildman–Crippen LogP) is 3.21. The van der Waals surface area contributed by atoms with Crippen LogP contribution in [0.5, 0.6) is 0 Å². The van der Waals surface area contributed by atoms with E-state index < -0.39 is 30.6 Å². The fourth-order valence-electron chi connectivity index (χ4n) is 1.61. The van der Waals surface area contributed by atoms with Crippen molar-refractivity contribution in [1.82, 2.24) is 0 Å². The second kappa shape index (κ2) is 10.5. The maximum atomic E-state index is 11.8. The van der Waals surface area contributed by atoms with Gasteiger partial charge in [0.15, 0.2) is 0 Å². The third kappa shape index (κ3) is 8.85. The van der Waals surface area contributed by atoms with Crippen molar-refractivity contribution in [3.05, 3.63) is 0 Å². The van der Waals surface area contributed by atoms with Crippen LogP contribution in [0.4, 0.5) is 0 Å². The second-order valence-electron chi connectivity index (χ2n) is 5.19. The van der Waals surface area contributed by atoms with E-state index in [1.54, 1.807) is 0 Å². The summed E-state index contributed by atoms with van der Waals surface area (Å²) in [5.74, 6) is -1.18. The zero-order chi connectivity index (χ0) is 15.7. The standard InChI is InChI=1S/C8H13O3.2C3H7O.Ti/c1-4-7(5-2)8(10)11-6(3)9;2*1-3(2)4;/h7H,3-5H2,1-2H3;2*3H,1-2H3;/q;2*-1;+2. The Morgan fingerprint density at radius 3 is 1.75 bits per heavy atom. The van der Waals surface area contributed by atoms with Crippen LogP contribution in [0.15, 0.2) is 0 Å². The Balaban J connectivity index is 4.40. The summed E-state index contributed by atoms with van der Waals surface area (Å²) in [5.41, 5.74) is 0. The van der Waals surface area contributed by atoms with E-state index in [1.165, 1.54) is 0 Å². The van der Waals surface area contributed by atoms with Crippen molar-refractivity contribution < 1.29 is 39.6 Å². The van der Waals surface area contributed by atoms with E-state index in [9.17, 15) is 9.59 Å². The fraction of sp³-hybridized carbons (Fsp3) is 0.857. The molecule has 0 N–H and O–H groups in total. The van der Waals surface area contributed by atoms with Gasteiger partial charge in [-0.15, -0.1) is 0 Å².